The molecule has 1 aromatic heterocycles. The number of Topliss-reactive ketones (excluding diaryl/α,β-unsaturated/α-hetero) is 1. The number of aromatic nitrogens is 2. The quantitative estimate of drug-likeness (QED) is 0.157. The van der Waals surface area contributed by atoms with Crippen molar-refractivity contribution in [3.8, 4) is 17.6 Å². The number of carbonyl (C=O) groups is 3. The lowest BCUT2D eigenvalue weighted by molar-refractivity contribution is -0.123. The van der Waals surface area contributed by atoms with Crippen molar-refractivity contribution in [1.29, 1.82) is 5.26 Å². The fourth-order valence-corrected chi connectivity index (χ4v) is 8.94. The molecule has 59 heavy (non-hydrogen) atoms. The second-order valence-electron chi connectivity index (χ2n) is 16.8. The number of ketones is 1. The molecule has 0 radical (unpaired) electrons. The number of nitrogens with one attached hydrogen (secondary N) is 2. The van der Waals surface area contributed by atoms with Crippen LogP contribution in [0.2, 0.25) is 5.02 Å². The predicted molar refractivity (Wildman–Crippen MR) is 222 cm³/mol. The van der Waals surface area contributed by atoms with Crippen LogP contribution in [0.5, 0.6) is 11.5 Å². The minimum atomic E-state index is -0.725. The van der Waals surface area contributed by atoms with Crippen LogP contribution in [0, 0.1) is 29.0 Å². The molecule has 2 aromatic carbocycles. The van der Waals surface area contributed by atoms with Gasteiger partial charge in [0.1, 0.15) is 47.0 Å². The largest absolute Gasteiger partial charge is 0.490 e. The monoisotopic (exact) mass is 825 g/mol. The highest BCUT2D eigenvalue weighted by Crippen LogP contribution is 2.35. The van der Waals surface area contributed by atoms with E-state index < -0.39 is 17.8 Å². The first-order valence-electron chi connectivity index (χ1n) is 20.9. The molecule has 1 atom stereocenters. The second-order valence-corrected chi connectivity index (χ2v) is 17.2. The van der Waals surface area contributed by atoms with Crippen LogP contribution in [-0.2, 0) is 4.79 Å². The van der Waals surface area contributed by atoms with E-state index in [9.17, 15) is 14.4 Å². The van der Waals surface area contributed by atoms with Gasteiger partial charge in [-0.25, -0.2) is 14.4 Å². The summed E-state index contributed by atoms with van der Waals surface area (Å²) in [6, 6.07) is 11.5. The van der Waals surface area contributed by atoms with E-state index in [1.807, 2.05) is 0 Å². The van der Waals surface area contributed by atoms with Crippen molar-refractivity contribution in [1.82, 2.24) is 25.5 Å². The van der Waals surface area contributed by atoms with Gasteiger partial charge in [-0.3, -0.25) is 19.3 Å². The van der Waals surface area contributed by atoms with Gasteiger partial charge in [0.25, 0.3) is 5.91 Å². The Balaban J connectivity index is 0.811. The average molecular weight is 826 g/mol. The Bertz CT molecular complexity index is 2050. The lowest BCUT2D eigenvalue weighted by Crippen LogP contribution is -2.53. The van der Waals surface area contributed by atoms with Crippen LogP contribution in [0.3, 0.4) is 0 Å². The van der Waals surface area contributed by atoms with Gasteiger partial charge < -0.3 is 25.0 Å². The normalized spacial score (nSPS) is 23.6. The smallest absolute Gasteiger partial charge is 0.254 e. The number of rotatable bonds is 14. The predicted octanol–water partition coefficient (Wildman–Crippen LogP) is 7.41. The van der Waals surface area contributed by atoms with Gasteiger partial charge in [-0.15, -0.1) is 0 Å². The second kappa shape index (κ2) is 18.9. The van der Waals surface area contributed by atoms with Gasteiger partial charge in [-0.1, -0.05) is 18.2 Å². The molecule has 312 valence electrons. The third kappa shape index (κ3) is 10.6. The van der Waals surface area contributed by atoms with Gasteiger partial charge in [0, 0.05) is 68.8 Å². The number of carbonyl (C=O) groups excluding carboxylic acids is 3. The Labute approximate surface area is 350 Å². The van der Waals surface area contributed by atoms with Crippen LogP contribution >= 0.6 is 11.6 Å². The van der Waals surface area contributed by atoms with Crippen molar-refractivity contribution in [3.05, 3.63) is 88.7 Å². The maximum absolute atomic E-state index is 15.0. The molecule has 0 spiro atoms. The number of hydrogen-bond donors (Lipinski definition) is 2. The first-order chi connectivity index (χ1) is 28.4. The molecular formula is C45H53ClFN7O5. The maximum atomic E-state index is 15.0. The number of piperidine rings is 2. The van der Waals surface area contributed by atoms with Crippen LogP contribution in [0.1, 0.15) is 111 Å². The summed E-state index contributed by atoms with van der Waals surface area (Å²) in [5, 5.41) is 14.7. The van der Waals surface area contributed by atoms with Crippen molar-refractivity contribution in [2.24, 2.45) is 11.8 Å². The van der Waals surface area contributed by atoms with Crippen LogP contribution in [0.15, 0.2) is 61.1 Å². The van der Waals surface area contributed by atoms with E-state index in [1.54, 1.807) is 36.7 Å². The molecule has 2 N–H and O–H groups in total. The Hall–Kier alpha value is -5.06. The molecule has 4 fully saturated rings. The number of benzene rings is 2. The molecule has 2 aliphatic carbocycles. The van der Waals surface area contributed by atoms with Crippen molar-refractivity contribution >= 4 is 35.0 Å². The molecule has 7 rings (SSSR count). The Morgan fingerprint density at radius 2 is 1.71 bits per heavy atom. The highest BCUT2D eigenvalue weighted by atomic mass is 35.5. The van der Waals surface area contributed by atoms with Crippen molar-refractivity contribution in [2.45, 2.75) is 115 Å². The lowest BCUT2D eigenvalue weighted by atomic mass is 9.84. The molecule has 2 amide bonds. The molecular weight excluding hydrogens is 773 g/mol. The molecule has 2 saturated heterocycles. The summed E-state index contributed by atoms with van der Waals surface area (Å²) in [7, 11) is 0. The lowest BCUT2D eigenvalue weighted by Gasteiger charge is -2.46. The number of nitrogens with zero attached hydrogens (tertiary/aromatic N) is 5. The minimum Gasteiger partial charge on any atom is -0.490 e. The Kier molecular flexibility index (Phi) is 13.5. The number of anilines is 1. The number of nitriles is 1. The minimum absolute atomic E-state index is 0.0212. The SMILES string of the molecule is C=C1CCC(NC(=O)c2ccc(OC3CC(N(CC4CCN(c5cnc(C(=O)CC6CCC(Oc7ccc(C#N)c(Cl)c7)CC6)cn5)CC4)C(C)C)C3)cc2F)C(=O)N1. The fraction of sp³-hybridized carbons (Fsp3) is 0.511. The van der Waals surface area contributed by atoms with Gasteiger partial charge in [0.05, 0.1) is 34.6 Å². The van der Waals surface area contributed by atoms with Crippen molar-refractivity contribution in [3.63, 3.8) is 0 Å². The zero-order valence-corrected chi connectivity index (χ0v) is 34.6. The first-order valence-corrected chi connectivity index (χ1v) is 21.3. The van der Waals surface area contributed by atoms with E-state index in [-0.39, 0.29) is 35.4 Å². The van der Waals surface area contributed by atoms with Gasteiger partial charge >= 0.3 is 0 Å². The molecule has 14 heteroatoms. The number of ether oxygens (including phenoxy) is 2. The van der Waals surface area contributed by atoms with E-state index in [4.69, 9.17) is 26.3 Å². The maximum Gasteiger partial charge on any atom is 0.254 e. The highest BCUT2D eigenvalue weighted by Gasteiger charge is 2.38. The van der Waals surface area contributed by atoms with E-state index in [0.717, 1.165) is 76.8 Å². The Morgan fingerprint density at radius 1 is 1.00 bits per heavy atom. The zero-order chi connectivity index (χ0) is 41.6. The van der Waals surface area contributed by atoms with E-state index in [0.29, 0.717) is 70.7 Å². The summed E-state index contributed by atoms with van der Waals surface area (Å²) in [4.78, 5) is 52.0. The number of halogens is 2. The van der Waals surface area contributed by atoms with Crippen LogP contribution in [-0.4, -0.2) is 82.4 Å². The third-order valence-electron chi connectivity index (χ3n) is 12.3. The molecule has 3 aromatic rings. The molecule has 1 unspecified atom stereocenters. The van der Waals surface area contributed by atoms with Gasteiger partial charge in [0.15, 0.2) is 5.78 Å². The summed E-state index contributed by atoms with van der Waals surface area (Å²) >= 11 is 6.16. The van der Waals surface area contributed by atoms with Crippen molar-refractivity contribution < 1.29 is 28.2 Å². The summed E-state index contributed by atoms with van der Waals surface area (Å²) < 4.78 is 27.2. The average Bonchev–Trinajstić information content (AvgIpc) is 3.20. The molecule has 2 aliphatic heterocycles. The van der Waals surface area contributed by atoms with Crippen molar-refractivity contribution in [2.75, 3.05) is 24.5 Å². The van der Waals surface area contributed by atoms with E-state index >= 15 is 4.39 Å². The summed E-state index contributed by atoms with van der Waals surface area (Å²) in [6.07, 6.45) is 12.0. The molecule has 3 heterocycles. The standard InChI is InChI=1S/C45H53ClFN7O5/c1-27(2)54(32-19-36(20-32)59-35-11-12-37(39(47)22-35)44(56)52-40-13-4-28(3)51-45(40)57)26-30-14-16-53(17-15-30)43-25-49-41(24-50-43)42(55)18-29-5-8-33(9-6-29)58-34-10-7-31(23-48)38(46)21-34/h7,10-12,21-22,24-25,27,29-30,32-33,36,40H,3-6,8-9,13-20,26H2,1-2H3,(H,51,57)(H,52,56). The topological polar surface area (TPSA) is 150 Å². The molecule has 4 aliphatic rings. The summed E-state index contributed by atoms with van der Waals surface area (Å²) in [5.74, 6) is 1.02. The van der Waals surface area contributed by atoms with Crippen LogP contribution in [0.25, 0.3) is 0 Å². The highest BCUT2D eigenvalue weighted by molar-refractivity contribution is 6.31. The number of amides is 2. The molecule has 12 nitrogen and oxygen atoms in total. The van der Waals surface area contributed by atoms with E-state index in [2.05, 4.69) is 56.9 Å². The number of allylic oxidation sites excluding steroid dienone is 1. The van der Waals surface area contributed by atoms with Gasteiger partial charge in [0.2, 0.25) is 5.91 Å². The first kappa shape index (κ1) is 42.1. The molecule has 0 bridgehead atoms. The van der Waals surface area contributed by atoms with E-state index in [1.165, 1.54) is 12.1 Å². The summed E-state index contributed by atoms with van der Waals surface area (Å²) in [6.45, 7) is 10.9. The Morgan fingerprint density at radius 3 is 2.36 bits per heavy atom. The number of hydrogen-bond acceptors (Lipinski definition) is 10. The molecule has 2 saturated carbocycles. The third-order valence-corrected chi connectivity index (χ3v) is 12.6. The van der Waals surface area contributed by atoms with Gasteiger partial charge in [-0.2, -0.15) is 5.26 Å². The zero-order valence-electron chi connectivity index (χ0n) is 33.8. The van der Waals surface area contributed by atoms with Crippen LogP contribution < -0.4 is 25.0 Å². The van der Waals surface area contributed by atoms with Crippen LogP contribution in [0.4, 0.5) is 10.2 Å². The van der Waals surface area contributed by atoms with Gasteiger partial charge in [-0.05, 0) is 101 Å². The summed E-state index contributed by atoms with van der Waals surface area (Å²) in [5.41, 5.74) is 1.32. The fourth-order valence-electron chi connectivity index (χ4n) is 8.72.